The van der Waals surface area contributed by atoms with Crippen molar-refractivity contribution in [3.8, 4) is 0 Å². The van der Waals surface area contributed by atoms with Crippen molar-refractivity contribution in [1.29, 1.82) is 0 Å². The van der Waals surface area contributed by atoms with Gasteiger partial charge in [-0.05, 0) is 12.1 Å². The smallest absolute Gasteiger partial charge is 0.312 e. The molecule has 0 amide bonds. The Morgan fingerprint density at radius 3 is 2.93 bits per heavy atom. The summed E-state index contributed by atoms with van der Waals surface area (Å²) in [6, 6.07) is 5.75. The van der Waals surface area contributed by atoms with E-state index in [0.717, 1.165) is 5.82 Å². The average Bonchev–Trinajstić information content (AvgIpc) is 2.17. The van der Waals surface area contributed by atoms with Crippen LogP contribution in [0.5, 0.6) is 0 Å². The summed E-state index contributed by atoms with van der Waals surface area (Å²) in [6.45, 7) is 1.42. The van der Waals surface area contributed by atoms with Crippen molar-refractivity contribution in [3.63, 3.8) is 0 Å². The molecule has 74 valence electrons. The number of hydrogen-bond acceptors (Lipinski definition) is 4. The first-order valence-electron chi connectivity index (χ1n) is 4.55. The number of rotatable bonds is 2. The second-order valence-electron chi connectivity index (χ2n) is 3.31. The van der Waals surface area contributed by atoms with Crippen molar-refractivity contribution >= 4 is 11.8 Å². The lowest BCUT2D eigenvalue weighted by Gasteiger charge is -2.38. The maximum Gasteiger partial charge on any atom is 0.312 e. The van der Waals surface area contributed by atoms with Crippen LogP contribution in [0.4, 0.5) is 5.82 Å². The van der Waals surface area contributed by atoms with Gasteiger partial charge in [0.2, 0.25) is 0 Å². The predicted molar refractivity (Wildman–Crippen MR) is 52.0 cm³/mol. The Labute approximate surface area is 82.5 Å². The van der Waals surface area contributed by atoms with E-state index in [1.54, 1.807) is 6.20 Å². The zero-order valence-corrected chi connectivity index (χ0v) is 8.01. The fraction of sp³-hybridized carbons (Fsp3) is 0.400. The van der Waals surface area contributed by atoms with Crippen LogP contribution in [0, 0.1) is 5.92 Å². The molecule has 1 saturated heterocycles. The SMILES string of the molecule is COC(=O)C1CN(c2ccccn2)C1. The number of nitrogens with zero attached hydrogens (tertiary/aromatic N) is 2. The molecule has 0 atom stereocenters. The molecule has 4 nitrogen and oxygen atoms in total. The van der Waals surface area contributed by atoms with E-state index in [-0.39, 0.29) is 11.9 Å². The average molecular weight is 192 g/mol. The number of pyridine rings is 1. The zero-order valence-electron chi connectivity index (χ0n) is 8.01. The van der Waals surface area contributed by atoms with Gasteiger partial charge in [-0.15, -0.1) is 0 Å². The molecule has 14 heavy (non-hydrogen) atoms. The number of carbonyl (C=O) groups is 1. The fourth-order valence-electron chi connectivity index (χ4n) is 1.52. The summed E-state index contributed by atoms with van der Waals surface area (Å²) in [5.41, 5.74) is 0. The number of carbonyl (C=O) groups excluding carboxylic acids is 1. The van der Waals surface area contributed by atoms with E-state index in [9.17, 15) is 4.79 Å². The summed E-state index contributed by atoms with van der Waals surface area (Å²) >= 11 is 0. The van der Waals surface area contributed by atoms with E-state index in [2.05, 4.69) is 14.6 Å². The minimum absolute atomic E-state index is 0.0157. The number of aromatic nitrogens is 1. The first-order chi connectivity index (χ1) is 6.81. The van der Waals surface area contributed by atoms with Gasteiger partial charge < -0.3 is 9.64 Å². The zero-order chi connectivity index (χ0) is 9.97. The number of hydrogen-bond donors (Lipinski definition) is 0. The van der Waals surface area contributed by atoms with Gasteiger partial charge in [0, 0.05) is 19.3 Å². The number of anilines is 1. The largest absolute Gasteiger partial charge is 0.469 e. The topological polar surface area (TPSA) is 42.4 Å². The Morgan fingerprint density at radius 2 is 2.36 bits per heavy atom. The van der Waals surface area contributed by atoms with Crippen LogP contribution in [-0.2, 0) is 9.53 Å². The summed E-state index contributed by atoms with van der Waals surface area (Å²) in [5, 5.41) is 0. The van der Waals surface area contributed by atoms with Crippen LogP contribution < -0.4 is 4.90 Å². The molecule has 1 aliphatic rings. The fourth-order valence-corrected chi connectivity index (χ4v) is 1.52. The Morgan fingerprint density at radius 1 is 1.57 bits per heavy atom. The first-order valence-corrected chi connectivity index (χ1v) is 4.55. The van der Waals surface area contributed by atoms with Crippen LogP contribution in [0.3, 0.4) is 0 Å². The molecule has 0 spiro atoms. The minimum Gasteiger partial charge on any atom is -0.469 e. The second-order valence-corrected chi connectivity index (χ2v) is 3.31. The highest BCUT2D eigenvalue weighted by Crippen LogP contribution is 2.22. The molecule has 2 heterocycles. The van der Waals surface area contributed by atoms with Crippen LogP contribution in [0.25, 0.3) is 0 Å². The Balaban J connectivity index is 1.92. The van der Waals surface area contributed by atoms with E-state index < -0.39 is 0 Å². The lowest BCUT2D eigenvalue weighted by Crippen LogP contribution is -2.51. The molecule has 4 heteroatoms. The van der Waals surface area contributed by atoms with E-state index in [1.807, 2.05) is 18.2 Å². The van der Waals surface area contributed by atoms with Gasteiger partial charge in [-0.3, -0.25) is 4.79 Å². The van der Waals surface area contributed by atoms with E-state index in [4.69, 9.17) is 0 Å². The molecule has 0 aliphatic carbocycles. The lowest BCUT2D eigenvalue weighted by molar-refractivity contribution is -0.146. The summed E-state index contributed by atoms with van der Waals surface area (Å²) in [6.07, 6.45) is 1.75. The molecular formula is C10H12N2O2. The van der Waals surface area contributed by atoms with Crippen molar-refractivity contribution in [2.24, 2.45) is 5.92 Å². The third-order valence-electron chi connectivity index (χ3n) is 2.39. The third-order valence-corrected chi connectivity index (χ3v) is 2.39. The minimum atomic E-state index is -0.128. The molecule has 0 radical (unpaired) electrons. The molecule has 0 aromatic carbocycles. The molecule has 0 bridgehead atoms. The van der Waals surface area contributed by atoms with E-state index in [1.165, 1.54) is 7.11 Å². The summed E-state index contributed by atoms with van der Waals surface area (Å²) in [4.78, 5) is 17.4. The van der Waals surface area contributed by atoms with Crippen molar-refractivity contribution in [1.82, 2.24) is 4.98 Å². The van der Waals surface area contributed by atoms with Gasteiger partial charge >= 0.3 is 5.97 Å². The maximum atomic E-state index is 11.1. The molecule has 1 aromatic heterocycles. The number of esters is 1. The van der Waals surface area contributed by atoms with Crippen molar-refractivity contribution < 1.29 is 9.53 Å². The molecule has 0 N–H and O–H groups in total. The highest BCUT2D eigenvalue weighted by Gasteiger charge is 2.33. The summed E-state index contributed by atoms with van der Waals surface area (Å²) in [5.74, 6) is 0.812. The maximum absolute atomic E-state index is 11.1. The molecule has 1 aliphatic heterocycles. The van der Waals surface area contributed by atoms with Gasteiger partial charge in [0.15, 0.2) is 0 Å². The Hall–Kier alpha value is -1.58. The molecule has 0 saturated carbocycles. The quantitative estimate of drug-likeness (QED) is 0.646. The lowest BCUT2D eigenvalue weighted by atomic mass is 10.0. The van der Waals surface area contributed by atoms with Gasteiger partial charge in [0.05, 0.1) is 13.0 Å². The van der Waals surface area contributed by atoms with Gasteiger partial charge in [0.1, 0.15) is 5.82 Å². The highest BCUT2D eigenvalue weighted by molar-refractivity contribution is 5.76. The second kappa shape index (κ2) is 3.65. The molecule has 1 fully saturated rings. The standard InChI is InChI=1S/C10H12N2O2/c1-14-10(13)8-6-12(7-8)9-4-2-3-5-11-9/h2-5,8H,6-7H2,1H3. The van der Waals surface area contributed by atoms with Crippen molar-refractivity contribution in [2.45, 2.75) is 0 Å². The van der Waals surface area contributed by atoms with Crippen LogP contribution in [-0.4, -0.2) is 31.2 Å². The van der Waals surface area contributed by atoms with Crippen LogP contribution in [0.2, 0.25) is 0 Å². The summed E-state index contributed by atoms with van der Waals surface area (Å²) < 4.78 is 4.65. The molecular weight excluding hydrogens is 180 g/mol. The number of methoxy groups -OCH3 is 1. The molecule has 1 aromatic rings. The van der Waals surface area contributed by atoms with Gasteiger partial charge in [-0.1, -0.05) is 6.07 Å². The summed E-state index contributed by atoms with van der Waals surface area (Å²) in [7, 11) is 1.42. The van der Waals surface area contributed by atoms with Crippen LogP contribution in [0.1, 0.15) is 0 Å². The monoisotopic (exact) mass is 192 g/mol. The van der Waals surface area contributed by atoms with E-state index >= 15 is 0 Å². The van der Waals surface area contributed by atoms with Crippen LogP contribution in [0.15, 0.2) is 24.4 Å². The van der Waals surface area contributed by atoms with Crippen molar-refractivity contribution in [2.75, 3.05) is 25.1 Å². The van der Waals surface area contributed by atoms with Gasteiger partial charge in [-0.2, -0.15) is 0 Å². The van der Waals surface area contributed by atoms with Gasteiger partial charge in [0.25, 0.3) is 0 Å². The predicted octanol–water partition coefficient (Wildman–Crippen LogP) is 0.691. The van der Waals surface area contributed by atoms with Crippen LogP contribution >= 0.6 is 0 Å². The van der Waals surface area contributed by atoms with Gasteiger partial charge in [-0.25, -0.2) is 4.98 Å². The first kappa shape index (κ1) is 8.99. The Bertz CT molecular complexity index is 320. The van der Waals surface area contributed by atoms with E-state index in [0.29, 0.717) is 13.1 Å². The normalized spacial score (nSPS) is 16.2. The molecule has 0 unspecified atom stereocenters. The third kappa shape index (κ3) is 1.55. The highest BCUT2D eigenvalue weighted by atomic mass is 16.5. The molecule has 2 rings (SSSR count). The van der Waals surface area contributed by atoms with Crippen molar-refractivity contribution in [3.05, 3.63) is 24.4 Å². The number of ether oxygens (including phenoxy) is 1. The Kier molecular flexibility index (Phi) is 2.35.